The molecule has 0 aromatic heterocycles. The van der Waals surface area contributed by atoms with Crippen molar-refractivity contribution in [3.8, 4) is 11.5 Å². The molecule has 1 amide bonds. The molecule has 24 heavy (non-hydrogen) atoms. The van der Waals surface area contributed by atoms with Crippen LogP contribution in [0.2, 0.25) is 0 Å². The van der Waals surface area contributed by atoms with Gasteiger partial charge in [0.05, 0.1) is 7.11 Å². The molecule has 0 radical (unpaired) electrons. The molecule has 0 saturated carbocycles. The fourth-order valence-electron chi connectivity index (χ4n) is 2.08. The Morgan fingerprint density at radius 1 is 1.08 bits per heavy atom. The molecule has 0 unspecified atom stereocenters. The normalized spacial score (nSPS) is 10.0. The molecule has 0 aliphatic carbocycles. The highest BCUT2D eigenvalue weighted by Gasteiger charge is 2.05. The molecule has 0 spiro atoms. The van der Waals surface area contributed by atoms with E-state index in [0.717, 1.165) is 11.3 Å². The molecule has 0 heterocycles. The van der Waals surface area contributed by atoms with E-state index in [1.807, 2.05) is 24.3 Å². The Labute approximate surface area is 140 Å². The smallest absolute Gasteiger partial charge is 0.341 e. The highest BCUT2D eigenvalue weighted by Crippen LogP contribution is 2.18. The molecule has 0 atom stereocenters. The van der Waals surface area contributed by atoms with E-state index in [2.05, 4.69) is 5.32 Å². The van der Waals surface area contributed by atoms with Gasteiger partial charge in [0.2, 0.25) is 5.91 Å². The van der Waals surface area contributed by atoms with E-state index in [9.17, 15) is 9.59 Å². The van der Waals surface area contributed by atoms with Crippen molar-refractivity contribution in [1.29, 1.82) is 0 Å². The van der Waals surface area contributed by atoms with Gasteiger partial charge in [0.25, 0.3) is 0 Å². The van der Waals surface area contributed by atoms with Gasteiger partial charge < -0.3 is 19.9 Å². The summed E-state index contributed by atoms with van der Waals surface area (Å²) in [5.74, 6) is -0.00290. The number of carboxylic acid groups (broad SMARTS) is 1. The first-order valence-electron chi connectivity index (χ1n) is 7.44. The lowest BCUT2D eigenvalue weighted by molar-refractivity contribution is -0.139. The topological polar surface area (TPSA) is 84.9 Å². The summed E-state index contributed by atoms with van der Waals surface area (Å²) in [5, 5.41) is 11.4. The number of hydrogen-bond acceptors (Lipinski definition) is 4. The van der Waals surface area contributed by atoms with E-state index in [-0.39, 0.29) is 5.91 Å². The van der Waals surface area contributed by atoms with E-state index >= 15 is 0 Å². The van der Waals surface area contributed by atoms with Gasteiger partial charge in [-0.15, -0.1) is 0 Å². The minimum atomic E-state index is -1.05. The lowest BCUT2D eigenvalue weighted by Crippen LogP contribution is -2.13. The number of carbonyl (C=O) groups excluding carboxylic acids is 1. The van der Waals surface area contributed by atoms with Crippen LogP contribution in [-0.4, -0.2) is 30.7 Å². The van der Waals surface area contributed by atoms with Crippen molar-refractivity contribution in [3.63, 3.8) is 0 Å². The number of aliphatic carboxylic acids is 1. The van der Waals surface area contributed by atoms with E-state index in [0.29, 0.717) is 24.3 Å². The maximum atomic E-state index is 12.0. The van der Waals surface area contributed by atoms with Crippen molar-refractivity contribution in [1.82, 2.24) is 0 Å². The van der Waals surface area contributed by atoms with Gasteiger partial charge in [-0.05, 0) is 36.2 Å². The second-order valence-corrected chi connectivity index (χ2v) is 5.11. The zero-order valence-corrected chi connectivity index (χ0v) is 13.3. The summed E-state index contributed by atoms with van der Waals surface area (Å²) in [6.07, 6.45) is 0.956. The number of benzene rings is 2. The minimum absolute atomic E-state index is 0.124. The van der Waals surface area contributed by atoms with Crippen LogP contribution in [0.1, 0.15) is 12.0 Å². The molecule has 2 aromatic carbocycles. The number of methoxy groups -OCH3 is 1. The van der Waals surface area contributed by atoms with Gasteiger partial charge in [-0.2, -0.15) is 0 Å². The van der Waals surface area contributed by atoms with Crippen LogP contribution in [0.15, 0.2) is 48.5 Å². The van der Waals surface area contributed by atoms with Crippen molar-refractivity contribution in [2.75, 3.05) is 19.0 Å². The maximum Gasteiger partial charge on any atom is 0.341 e. The Kier molecular flexibility index (Phi) is 6.19. The Balaban J connectivity index is 1.85. The van der Waals surface area contributed by atoms with Gasteiger partial charge in [0.15, 0.2) is 6.61 Å². The quantitative estimate of drug-likeness (QED) is 0.778. The summed E-state index contributed by atoms with van der Waals surface area (Å²) in [4.78, 5) is 22.5. The number of rotatable bonds is 8. The van der Waals surface area contributed by atoms with Crippen LogP contribution in [0.5, 0.6) is 11.5 Å². The van der Waals surface area contributed by atoms with Gasteiger partial charge in [-0.1, -0.05) is 18.2 Å². The van der Waals surface area contributed by atoms with Gasteiger partial charge in [-0.25, -0.2) is 4.79 Å². The lowest BCUT2D eigenvalue weighted by atomic mass is 10.1. The maximum absolute atomic E-state index is 12.0. The number of nitrogens with one attached hydrogen (secondary N) is 1. The van der Waals surface area contributed by atoms with Crippen molar-refractivity contribution >= 4 is 17.6 Å². The molecule has 2 rings (SSSR count). The zero-order valence-electron chi connectivity index (χ0n) is 13.3. The fraction of sp³-hybridized carbons (Fsp3) is 0.222. The largest absolute Gasteiger partial charge is 0.497 e. The first kappa shape index (κ1) is 17.3. The number of hydrogen-bond donors (Lipinski definition) is 2. The molecule has 6 heteroatoms. The summed E-state index contributed by atoms with van der Waals surface area (Å²) >= 11 is 0. The summed E-state index contributed by atoms with van der Waals surface area (Å²) in [5.41, 5.74) is 1.61. The molecule has 2 N–H and O–H groups in total. The minimum Gasteiger partial charge on any atom is -0.497 e. The Morgan fingerprint density at radius 2 is 1.83 bits per heavy atom. The summed E-state index contributed by atoms with van der Waals surface area (Å²) < 4.78 is 10.2. The highest BCUT2D eigenvalue weighted by atomic mass is 16.5. The molecule has 0 bridgehead atoms. The van der Waals surface area contributed by atoms with E-state index in [4.69, 9.17) is 14.6 Å². The van der Waals surface area contributed by atoms with Crippen LogP contribution in [0, 0.1) is 0 Å². The first-order valence-corrected chi connectivity index (χ1v) is 7.44. The third-order valence-corrected chi connectivity index (χ3v) is 3.28. The van der Waals surface area contributed by atoms with Crippen LogP contribution < -0.4 is 14.8 Å². The summed E-state index contributed by atoms with van der Waals surface area (Å²) in [7, 11) is 1.61. The predicted molar refractivity (Wildman–Crippen MR) is 89.5 cm³/mol. The number of ether oxygens (including phenoxy) is 2. The monoisotopic (exact) mass is 329 g/mol. The van der Waals surface area contributed by atoms with Crippen molar-refractivity contribution < 1.29 is 24.2 Å². The number of amides is 1. The van der Waals surface area contributed by atoms with Crippen LogP contribution in [0.4, 0.5) is 5.69 Å². The van der Waals surface area contributed by atoms with Crippen LogP contribution in [-0.2, 0) is 16.0 Å². The first-order chi connectivity index (χ1) is 11.6. The van der Waals surface area contributed by atoms with Crippen LogP contribution in [0.3, 0.4) is 0 Å². The number of carbonyl (C=O) groups is 2. The molecular formula is C18H19NO5. The summed E-state index contributed by atoms with van der Waals surface area (Å²) in [6.45, 7) is -0.422. The third kappa shape index (κ3) is 5.64. The van der Waals surface area contributed by atoms with E-state index in [1.54, 1.807) is 31.4 Å². The SMILES string of the molecule is COc1ccc(CCC(=O)Nc2cccc(OCC(=O)O)c2)cc1. The van der Waals surface area contributed by atoms with E-state index < -0.39 is 12.6 Å². The van der Waals surface area contributed by atoms with Crippen LogP contribution >= 0.6 is 0 Å². The predicted octanol–water partition coefficient (Wildman–Crippen LogP) is 2.73. The molecule has 2 aromatic rings. The second-order valence-electron chi connectivity index (χ2n) is 5.11. The van der Waals surface area contributed by atoms with Gasteiger partial charge in [0.1, 0.15) is 11.5 Å². The van der Waals surface area contributed by atoms with Gasteiger partial charge in [0, 0.05) is 18.2 Å². The average Bonchev–Trinajstić information content (AvgIpc) is 2.59. The number of anilines is 1. The van der Waals surface area contributed by atoms with Crippen LogP contribution in [0.25, 0.3) is 0 Å². The molecule has 0 fully saturated rings. The number of carboxylic acids is 1. The van der Waals surface area contributed by atoms with Gasteiger partial charge >= 0.3 is 5.97 Å². The lowest BCUT2D eigenvalue weighted by Gasteiger charge is -2.08. The fourth-order valence-corrected chi connectivity index (χ4v) is 2.08. The summed E-state index contributed by atoms with van der Waals surface area (Å²) in [6, 6.07) is 14.2. The highest BCUT2D eigenvalue weighted by molar-refractivity contribution is 5.91. The third-order valence-electron chi connectivity index (χ3n) is 3.28. The standard InChI is InChI=1S/C18H19NO5/c1-23-15-8-5-13(6-9-15)7-10-17(20)19-14-3-2-4-16(11-14)24-12-18(21)22/h2-6,8-9,11H,7,10,12H2,1H3,(H,19,20)(H,21,22). The Bertz CT molecular complexity index is 697. The van der Waals surface area contributed by atoms with E-state index in [1.165, 1.54) is 0 Å². The average molecular weight is 329 g/mol. The van der Waals surface area contributed by atoms with Crippen molar-refractivity contribution in [3.05, 3.63) is 54.1 Å². The molecule has 0 aliphatic heterocycles. The van der Waals surface area contributed by atoms with Crippen molar-refractivity contribution in [2.45, 2.75) is 12.8 Å². The van der Waals surface area contributed by atoms with Crippen molar-refractivity contribution in [2.24, 2.45) is 0 Å². The molecule has 0 saturated heterocycles. The molecular weight excluding hydrogens is 310 g/mol. The molecule has 0 aliphatic rings. The second kappa shape index (κ2) is 8.57. The number of aryl methyl sites for hydroxylation is 1. The molecule has 126 valence electrons. The Morgan fingerprint density at radius 3 is 2.50 bits per heavy atom. The zero-order chi connectivity index (χ0) is 17.4. The molecule has 6 nitrogen and oxygen atoms in total. The Hall–Kier alpha value is -3.02. The van der Waals surface area contributed by atoms with Gasteiger partial charge in [-0.3, -0.25) is 4.79 Å².